The van der Waals surface area contributed by atoms with E-state index >= 15 is 0 Å². The Morgan fingerprint density at radius 2 is 2.09 bits per heavy atom. The molecule has 1 atom stereocenters. The van der Waals surface area contributed by atoms with Gasteiger partial charge in [-0.1, -0.05) is 0 Å². The Hall–Kier alpha value is -2.10. The van der Waals surface area contributed by atoms with Gasteiger partial charge < -0.3 is 9.73 Å². The second-order valence-corrected chi connectivity index (χ2v) is 7.08. The molecule has 2 N–H and O–H groups in total. The van der Waals surface area contributed by atoms with Gasteiger partial charge in [-0.15, -0.1) is 11.3 Å². The zero-order chi connectivity index (χ0) is 17.1. The van der Waals surface area contributed by atoms with Crippen LogP contribution in [0.15, 0.2) is 10.5 Å². The first-order chi connectivity index (χ1) is 10.8. The average Bonchev–Trinajstić information content (AvgIpc) is 2.96. The normalized spacial score (nSPS) is 12.0. The average molecular weight is 331 g/mol. The Morgan fingerprint density at radius 3 is 2.65 bits per heavy atom. The predicted molar refractivity (Wildman–Crippen MR) is 91.7 cm³/mol. The summed E-state index contributed by atoms with van der Waals surface area (Å²) in [6.45, 7) is 9.91. The number of carbonyl (C=O) groups excluding carboxylic acids is 1. The van der Waals surface area contributed by atoms with E-state index in [1.807, 2.05) is 6.92 Å². The highest BCUT2D eigenvalue weighted by molar-refractivity contribution is 7.12. The smallest absolute Gasteiger partial charge is 0.240 e. The van der Waals surface area contributed by atoms with Gasteiger partial charge in [-0.2, -0.15) is 5.26 Å². The highest BCUT2D eigenvalue weighted by Gasteiger charge is 2.17. The third-order valence-electron chi connectivity index (χ3n) is 3.86. The lowest BCUT2D eigenvalue weighted by atomic mass is 10.1. The fourth-order valence-corrected chi connectivity index (χ4v) is 3.48. The van der Waals surface area contributed by atoms with Crippen LogP contribution in [0.2, 0.25) is 0 Å². The molecule has 0 bridgehead atoms. The number of nitrogens with one attached hydrogen (secondary N) is 2. The van der Waals surface area contributed by atoms with Crippen LogP contribution in [0, 0.1) is 39.0 Å². The fraction of sp³-hybridized carbons (Fsp3) is 0.412. The summed E-state index contributed by atoms with van der Waals surface area (Å²) in [6, 6.07) is 4.29. The molecule has 0 aromatic carbocycles. The van der Waals surface area contributed by atoms with Crippen molar-refractivity contribution in [2.75, 3.05) is 11.9 Å². The number of anilines is 1. The van der Waals surface area contributed by atoms with Crippen LogP contribution in [0.5, 0.6) is 0 Å². The van der Waals surface area contributed by atoms with E-state index in [1.54, 1.807) is 25.2 Å². The van der Waals surface area contributed by atoms with E-state index < -0.39 is 0 Å². The summed E-state index contributed by atoms with van der Waals surface area (Å²) in [5.41, 5.74) is 2.35. The lowest BCUT2D eigenvalue weighted by Crippen LogP contribution is -2.30. The van der Waals surface area contributed by atoms with Crippen LogP contribution in [0.3, 0.4) is 0 Å². The molecule has 2 rings (SSSR count). The van der Waals surface area contributed by atoms with Crippen molar-refractivity contribution in [2.24, 2.45) is 0 Å². The van der Waals surface area contributed by atoms with E-state index in [0.29, 0.717) is 11.3 Å². The van der Waals surface area contributed by atoms with Crippen LogP contribution in [-0.4, -0.2) is 12.5 Å². The number of rotatable bonds is 5. The van der Waals surface area contributed by atoms with Crippen molar-refractivity contribution in [1.29, 1.82) is 5.26 Å². The summed E-state index contributed by atoms with van der Waals surface area (Å²) in [5.74, 6) is 0.638. The van der Waals surface area contributed by atoms with E-state index in [1.165, 1.54) is 15.3 Å². The third kappa shape index (κ3) is 3.81. The van der Waals surface area contributed by atoms with Gasteiger partial charge in [-0.05, 0) is 46.2 Å². The molecule has 0 unspecified atom stereocenters. The maximum Gasteiger partial charge on any atom is 0.240 e. The summed E-state index contributed by atoms with van der Waals surface area (Å²) < 4.78 is 5.44. The first-order valence-electron chi connectivity index (χ1n) is 7.43. The Bertz CT molecular complexity index is 768. The zero-order valence-corrected chi connectivity index (χ0v) is 14.9. The van der Waals surface area contributed by atoms with Gasteiger partial charge in [0.1, 0.15) is 17.4 Å². The molecule has 122 valence electrons. The number of aryl methyl sites for hydroxylation is 3. The number of hydrogen-bond acceptors (Lipinski definition) is 5. The summed E-state index contributed by atoms with van der Waals surface area (Å²) in [7, 11) is 0. The molecular formula is C17H21N3O2S. The molecule has 0 aliphatic rings. The SMILES string of the molecule is Cc1cc([C@@H](C)NCC(=O)Nc2oc(C)c(C)c2C#N)c(C)s1. The molecule has 0 spiro atoms. The molecule has 2 aromatic heterocycles. The Kier molecular flexibility index (Phi) is 5.24. The van der Waals surface area contributed by atoms with Gasteiger partial charge in [-0.3, -0.25) is 10.1 Å². The van der Waals surface area contributed by atoms with Crippen molar-refractivity contribution in [1.82, 2.24) is 5.32 Å². The quantitative estimate of drug-likeness (QED) is 0.875. The number of amides is 1. The minimum atomic E-state index is -0.230. The van der Waals surface area contributed by atoms with E-state index in [0.717, 1.165) is 5.56 Å². The Morgan fingerprint density at radius 1 is 1.39 bits per heavy atom. The van der Waals surface area contributed by atoms with E-state index in [9.17, 15) is 4.79 Å². The zero-order valence-electron chi connectivity index (χ0n) is 14.0. The van der Waals surface area contributed by atoms with Gasteiger partial charge >= 0.3 is 0 Å². The minimum absolute atomic E-state index is 0.0845. The monoisotopic (exact) mass is 331 g/mol. The maximum atomic E-state index is 12.1. The number of thiophene rings is 1. The van der Waals surface area contributed by atoms with Crippen LogP contribution >= 0.6 is 11.3 Å². The van der Waals surface area contributed by atoms with Crippen molar-refractivity contribution in [3.63, 3.8) is 0 Å². The van der Waals surface area contributed by atoms with Gasteiger partial charge in [0.05, 0.1) is 6.54 Å². The standard InChI is InChI=1S/C17H21N3O2S/c1-9-6-14(13(5)23-9)11(3)19-8-16(21)20-17-15(7-18)10(2)12(4)22-17/h6,11,19H,8H2,1-5H3,(H,20,21)/t11-/m1/s1. The van der Waals surface area contributed by atoms with E-state index in [-0.39, 0.29) is 24.4 Å². The summed E-state index contributed by atoms with van der Waals surface area (Å²) in [5, 5.41) is 15.0. The first-order valence-corrected chi connectivity index (χ1v) is 8.25. The van der Waals surface area contributed by atoms with Gasteiger partial charge in [0, 0.05) is 21.4 Å². The molecule has 6 heteroatoms. The molecule has 0 aliphatic heterocycles. The Balaban J connectivity index is 1.97. The van der Waals surface area contributed by atoms with Gasteiger partial charge in [-0.25, -0.2) is 0 Å². The van der Waals surface area contributed by atoms with Gasteiger partial charge in [0.25, 0.3) is 0 Å². The van der Waals surface area contributed by atoms with Crippen molar-refractivity contribution in [3.8, 4) is 6.07 Å². The van der Waals surface area contributed by atoms with Crippen LogP contribution in [-0.2, 0) is 4.79 Å². The molecule has 0 radical (unpaired) electrons. The predicted octanol–water partition coefficient (Wildman–Crippen LogP) is 3.74. The fourth-order valence-electron chi connectivity index (χ4n) is 2.46. The molecule has 23 heavy (non-hydrogen) atoms. The molecule has 1 amide bonds. The second-order valence-electron chi connectivity index (χ2n) is 5.62. The van der Waals surface area contributed by atoms with Gasteiger partial charge in [0.2, 0.25) is 11.8 Å². The topological polar surface area (TPSA) is 78.1 Å². The van der Waals surface area contributed by atoms with Crippen LogP contribution in [0.4, 0.5) is 5.88 Å². The Labute approximate surface area is 140 Å². The lowest BCUT2D eigenvalue weighted by molar-refractivity contribution is -0.115. The van der Waals surface area contributed by atoms with Crippen LogP contribution in [0.1, 0.15) is 45.2 Å². The molecule has 0 fully saturated rings. The summed E-state index contributed by atoms with van der Waals surface area (Å²) in [6.07, 6.45) is 0. The summed E-state index contributed by atoms with van der Waals surface area (Å²) >= 11 is 1.75. The molecule has 0 saturated carbocycles. The number of hydrogen-bond donors (Lipinski definition) is 2. The maximum absolute atomic E-state index is 12.1. The number of carbonyl (C=O) groups is 1. The van der Waals surface area contributed by atoms with Crippen molar-refractivity contribution in [2.45, 2.75) is 40.7 Å². The number of nitriles is 1. The third-order valence-corrected chi connectivity index (χ3v) is 4.85. The van der Waals surface area contributed by atoms with Crippen molar-refractivity contribution < 1.29 is 9.21 Å². The second kappa shape index (κ2) is 6.99. The molecule has 5 nitrogen and oxygen atoms in total. The molecule has 2 aromatic rings. The minimum Gasteiger partial charge on any atom is -0.444 e. The first kappa shape index (κ1) is 17.3. The number of nitrogens with zero attached hydrogens (tertiary/aromatic N) is 1. The van der Waals surface area contributed by atoms with Crippen LogP contribution in [0.25, 0.3) is 0 Å². The molecule has 0 aliphatic carbocycles. The van der Waals surface area contributed by atoms with E-state index in [4.69, 9.17) is 9.68 Å². The molecule has 2 heterocycles. The lowest BCUT2D eigenvalue weighted by Gasteiger charge is -2.13. The largest absolute Gasteiger partial charge is 0.444 e. The van der Waals surface area contributed by atoms with Crippen LogP contribution < -0.4 is 10.6 Å². The van der Waals surface area contributed by atoms with E-state index in [2.05, 4.69) is 36.6 Å². The number of furan rings is 1. The highest BCUT2D eigenvalue weighted by Crippen LogP contribution is 2.27. The highest BCUT2D eigenvalue weighted by atomic mass is 32.1. The summed E-state index contributed by atoms with van der Waals surface area (Å²) in [4.78, 5) is 14.6. The van der Waals surface area contributed by atoms with Crippen molar-refractivity contribution in [3.05, 3.63) is 38.3 Å². The molecule has 0 saturated heterocycles. The van der Waals surface area contributed by atoms with Gasteiger partial charge in [0.15, 0.2) is 0 Å². The molecular weight excluding hydrogens is 310 g/mol. The van der Waals surface area contributed by atoms with Crippen molar-refractivity contribution >= 4 is 23.1 Å².